The van der Waals surface area contributed by atoms with Gasteiger partial charge < -0.3 is 0 Å². The highest BCUT2D eigenvalue weighted by Crippen LogP contribution is 2.51. The molecule has 0 aliphatic heterocycles. The van der Waals surface area contributed by atoms with Crippen molar-refractivity contribution in [2.75, 3.05) is 0 Å². The number of nitrogens with zero attached hydrogens (tertiary/aromatic N) is 2. The van der Waals surface area contributed by atoms with Crippen LogP contribution in [0.2, 0.25) is 0 Å². The molecule has 2 aliphatic rings. The summed E-state index contributed by atoms with van der Waals surface area (Å²) >= 11 is 0. The van der Waals surface area contributed by atoms with Crippen molar-refractivity contribution in [3.8, 4) is 67.0 Å². The Balaban J connectivity index is 1.15. The Labute approximate surface area is 367 Å². The summed E-state index contributed by atoms with van der Waals surface area (Å²) in [5.74, 6) is -2.81. The second-order valence-corrected chi connectivity index (χ2v) is 18.3. The van der Waals surface area contributed by atoms with Crippen molar-refractivity contribution in [2.24, 2.45) is 0 Å². The third-order valence-electron chi connectivity index (χ3n) is 13.9. The van der Waals surface area contributed by atoms with Crippen molar-refractivity contribution >= 4 is 32.6 Å². The Hall–Kier alpha value is -7.44. The number of halogens is 4. The molecule has 2 heterocycles. The number of aromatic nitrogens is 2. The van der Waals surface area contributed by atoms with E-state index in [1.54, 1.807) is 0 Å². The monoisotopic (exact) mass is 838 g/mol. The lowest BCUT2D eigenvalue weighted by molar-refractivity contribution is 0.583. The Morgan fingerprint density at radius 1 is 0.312 bits per heavy atom. The summed E-state index contributed by atoms with van der Waals surface area (Å²) in [5.41, 5.74) is 15.4. The molecule has 10 aromatic rings. The second-order valence-electron chi connectivity index (χ2n) is 18.3. The first-order chi connectivity index (χ1) is 30.8. The fourth-order valence-electron chi connectivity index (χ4n) is 10.7. The molecule has 6 heteroatoms. The van der Waals surface area contributed by atoms with Gasteiger partial charge in [0, 0.05) is 55.6 Å². The fourth-order valence-corrected chi connectivity index (χ4v) is 10.7. The van der Waals surface area contributed by atoms with E-state index in [9.17, 15) is 0 Å². The first kappa shape index (κ1) is 38.3. The molecule has 0 saturated heterocycles. The first-order valence-corrected chi connectivity index (χ1v) is 21.5. The van der Waals surface area contributed by atoms with Crippen LogP contribution in [-0.4, -0.2) is 9.97 Å². The van der Waals surface area contributed by atoms with Gasteiger partial charge in [-0.25, -0.2) is 27.5 Å². The highest BCUT2D eigenvalue weighted by molar-refractivity contribution is 6.22. The lowest BCUT2D eigenvalue weighted by Crippen LogP contribution is -2.14. The minimum atomic E-state index is -0.704. The summed E-state index contributed by atoms with van der Waals surface area (Å²) in [6.45, 7) is 8.94. The Kier molecular flexibility index (Phi) is 8.09. The van der Waals surface area contributed by atoms with Crippen LogP contribution in [0, 0.1) is 23.3 Å². The summed E-state index contributed by atoms with van der Waals surface area (Å²) in [6.07, 6.45) is 0. The van der Waals surface area contributed by atoms with E-state index >= 15 is 17.6 Å². The van der Waals surface area contributed by atoms with E-state index in [-0.39, 0.29) is 10.8 Å². The molecule has 2 nitrogen and oxygen atoms in total. The highest BCUT2D eigenvalue weighted by atomic mass is 19.1. The van der Waals surface area contributed by atoms with Crippen molar-refractivity contribution in [2.45, 2.75) is 38.5 Å². The van der Waals surface area contributed by atoms with E-state index < -0.39 is 23.3 Å². The topological polar surface area (TPSA) is 25.8 Å². The number of benzene rings is 8. The van der Waals surface area contributed by atoms with E-state index in [1.807, 2.05) is 36.4 Å². The van der Waals surface area contributed by atoms with E-state index in [2.05, 4.69) is 113 Å². The van der Waals surface area contributed by atoms with Gasteiger partial charge in [-0.1, -0.05) is 100 Å². The zero-order valence-corrected chi connectivity index (χ0v) is 35.4. The zero-order chi connectivity index (χ0) is 43.8. The van der Waals surface area contributed by atoms with Crippen LogP contribution in [0.3, 0.4) is 0 Å². The van der Waals surface area contributed by atoms with E-state index in [1.165, 1.54) is 68.8 Å². The van der Waals surface area contributed by atoms with E-state index in [0.717, 1.165) is 23.3 Å². The lowest BCUT2D eigenvalue weighted by Gasteiger charge is -2.22. The van der Waals surface area contributed by atoms with Crippen LogP contribution in [0.25, 0.3) is 99.6 Å². The first-order valence-electron chi connectivity index (χ1n) is 21.5. The van der Waals surface area contributed by atoms with Gasteiger partial charge in [0.1, 0.15) is 23.3 Å². The third-order valence-corrected chi connectivity index (χ3v) is 13.9. The molecule has 0 saturated carbocycles. The third kappa shape index (κ3) is 5.64. The molecule has 0 amide bonds. The molecule has 8 aromatic carbocycles. The van der Waals surface area contributed by atoms with E-state index in [4.69, 9.17) is 9.97 Å². The summed E-state index contributed by atoms with van der Waals surface area (Å²) in [7, 11) is 0. The predicted octanol–water partition coefficient (Wildman–Crippen LogP) is 15.8. The van der Waals surface area contributed by atoms with Gasteiger partial charge in [0.25, 0.3) is 0 Å². The summed E-state index contributed by atoms with van der Waals surface area (Å²) in [6, 6.07) is 48.5. The maximum atomic E-state index is 15.1. The van der Waals surface area contributed by atoms with Gasteiger partial charge in [0.2, 0.25) is 0 Å². The molecule has 0 unspecified atom stereocenters. The molecule has 64 heavy (non-hydrogen) atoms. The van der Waals surface area contributed by atoms with Crippen LogP contribution in [0.15, 0.2) is 158 Å². The lowest BCUT2D eigenvalue weighted by atomic mass is 9.82. The highest BCUT2D eigenvalue weighted by Gasteiger charge is 2.36. The number of hydrogen-bond acceptors (Lipinski definition) is 2. The average Bonchev–Trinajstić information content (AvgIpc) is 3.66. The molecule has 0 N–H and O–H groups in total. The maximum Gasteiger partial charge on any atom is 0.126 e. The smallest absolute Gasteiger partial charge is 0.126 e. The molecule has 0 radical (unpaired) electrons. The molecule has 2 aromatic heterocycles. The summed E-state index contributed by atoms with van der Waals surface area (Å²) in [5, 5.41) is 2.66. The predicted molar refractivity (Wildman–Crippen MR) is 251 cm³/mol. The molecule has 308 valence electrons. The largest absolute Gasteiger partial charge is 0.247 e. The molecule has 12 rings (SSSR count). The van der Waals surface area contributed by atoms with Gasteiger partial charge in [0.05, 0.1) is 22.4 Å². The van der Waals surface area contributed by atoms with Gasteiger partial charge in [-0.2, -0.15) is 0 Å². The SMILES string of the molecule is CC1(C)c2ccccc2-c2ccc(-c3ccc4c(-c5cc(F)cc(F)c5)cc5c(cc(-c6cc(F)cc(F)c6)c6ccc(-c7ccc8c(c7)C(C)(C)c7ccccc7-8)nc65)c4n3)cc21. The van der Waals surface area contributed by atoms with Gasteiger partial charge in [0.15, 0.2) is 0 Å². The average molecular weight is 839 g/mol. The van der Waals surface area contributed by atoms with Crippen LogP contribution < -0.4 is 0 Å². The normalized spacial score (nSPS) is 14.2. The van der Waals surface area contributed by atoms with Crippen molar-refractivity contribution in [1.29, 1.82) is 0 Å². The van der Waals surface area contributed by atoms with Crippen LogP contribution in [0.1, 0.15) is 49.9 Å². The minimum absolute atomic E-state index is 0.240. The molecule has 0 fully saturated rings. The second kappa shape index (κ2) is 13.5. The van der Waals surface area contributed by atoms with Crippen molar-refractivity contribution in [3.63, 3.8) is 0 Å². The van der Waals surface area contributed by atoms with Crippen LogP contribution >= 0.6 is 0 Å². The summed E-state index contributed by atoms with van der Waals surface area (Å²) < 4.78 is 60.4. The molecule has 0 spiro atoms. The maximum absolute atomic E-state index is 15.1. The number of rotatable bonds is 4. The zero-order valence-electron chi connectivity index (χ0n) is 35.4. The standard InChI is InChI=1S/C58H38F4N2/c1-57(2)49-11-7-5-9-39(49)41-15-13-31(25-51(41)57)53-19-17-43-45(33-21-35(59)27-36(60)22-33)30-48-47(55(43)63-53)29-46(34-23-37(61)28-38(62)24-34)44-18-20-54(64-56(44)48)32-14-16-42-40-10-6-8-12-50(40)58(3,4)52(42)26-32/h5-30H,1-4H3. The molecular weight excluding hydrogens is 801 g/mol. The minimum Gasteiger partial charge on any atom is -0.247 e. The summed E-state index contributed by atoms with van der Waals surface area (Å²) in [4.78, 5) is 10.8. The number of pyridine rings is 2. The van der Waals surface area contributed by atoms with Crippen molar-refractivity contribution < 1.29 is 17.6 Å². The van der Waals surface area contributed by atoms with Crippen LogP contribution in [0.5, 0.6) is 0 Å². The molecule has 0 bridgehead atoms. The molecule has 2 aliphatic carbocycles. The molecular formula is C58H38F4N2. The Bertz CT molecular complexity index is 3400. The van der Waals surface area contributed by atoms with Gasteiger partial charge in [-0.3, -0.25) is 0 Å². The van der Waals surface area contributed by atoms with E-state index in [0.29, 0.717) is 66.2 Å². The van der Waals surface area contributed by atoms with Crippen molar-refractivity contribution in [3.05, 3.63) is 203 Å². The van der Waals surface area contributed by atoms with Gasteiger partial charge >= 0.3 is 0 Å². The number of fused-ring (bicyclic) bond motifs is 11. The Morgan fingerprint density at radius 2 is 0.688 bits per heavy atom. The quantitative estimate of drug-likeness (QED) is 0.130. The van der Waals surface area contributed by atoms with Crippen LogP contribution in [0.4, 0.5) is 17.6 Å². The van der Waals surface area contributed by atoms with Gasteiger partial charge in [-0.15, -0.1) is 0 Å². The van der Waals surface area contributed by atoms with Gasteiger partial charge in [-0.05, 0) is 140 Å². The molecule has 0 atom stereocenters. The fraction of sp³-hybridized carbons (Fsp3) is 0.103. The van der Waals surface area contributed by atoms with Crippen molar-refractivity contribution in [1.82, 2.24) is 9.97 Å². The van der Waals surface area contributed by atoms with Crippen LogP contribution in [-0.2, 0) is 10.8 Å². The Morgan fingerprint density at radius 3 is 1.09 bits per heavy atom. The number of hydrogen-bond donors (Lipinski definition) is 0.